The fraction of sp³-hybridized carbons (Fsp3) is 0.375. The number of anilines is 2. The maximum absolute atomic E-state index is 5.98. The zero-order valence-electron chi connectivity index (χ0n) is 12.8. The Morgan fingerprint density at radius 2 is 1.90 bits per heavy atom. The van der Waals surface area contributed by atoms with Gasteiger partial charge in [-0.15, -0.1) is 0 Å². The lowest BCUT2D eigenvalue weighted by molar-refractivity contribution is 0.414. The van der Waals surface area contributed by atoms with Crippen molar-refractivity contribution in [2.24, 2.45) is 0 Å². The molecular weight excluding hydrogens is 264 g/mol. The molecule has 0 amide bonds. The number of hydrogen-bond acceptors (Lipinski definition) is 5. The summed E-state index contributed by atoms with van der Waals surface area (Å²) >= 11 is 0. The van der Waals surface area contributed by atoms with Crippen LogP contribution in [0, 0.1) is 0 Å². The van der Waals surface area contributed by atoms with E-state index in [9.17, 15) is 0 Å². The highest BCUT2D eigenvalue weighted by Gasteiger charge is 2.12. The van der Waals surface area contributed by atoms with Crippen LogP contribution in [0.2, 0.25) is 0 Å². The Morgan fingerprint density at radius 1 is 1.19 bits per heavy atom. The van der Waals surface area contributed by atoms with Gasteiger partial charge < -0.3 is 15.4 Å². The Hall–Kier alpha value is -2.30. The van der Waals surface area contributed by atoms with Crippen LogP contribution in [0.25, 0.3) is 0 Å². The van der Waals surface area contributed by atoms with Crippen molar-refractivity contribution < 1.29 is 4.74 Å². The van der Waals surface area contributed by atoms with Gasteiger partial charge in [-0.3, -0.25) is 0 Å². The highest BCUT2D eigenvalue weighted by molar-refractivity contribution is 5.56. The number of aromatic nitrogens is 2. The number of ether oxygens (including phenoxy) is 1. The lowest BCUT2D eigenvalue weighted by Gasteiger charge is -2.21. The lowest BCUT2D eigenvalue weighted by atomic mass is 10.1. The second kappa shape index (κ2) is 6.92. The van der Waals surface area contributed by atoms with E-state index < -0.39 is 0 Å². The van der Waals surface area contributed by atoms with E-state index in [0.717, 1.165) is 36.5 Å². The molecule has 0 fully saturated rings. The molecule has 2 N–H and O–H groups in total. The second-order valence-corrected chi connectivity index (χ2v) is 5.02. The number of rotatable bonds is 6. The summed E-state index contributed by atoms with van der Waals surface area (Å²) in [6.07, 6.45) is 3.42. The zero-order chi connectivity index (χ0) is 15.2. The van der Waals surface area contributed by atoms with Gasteiger partial charge in [0.25, 0.3) is 0 Å². The first-order chi connectivity index (χ1) is 10.2. The number of benzene rings is 1. The average Bonchev–Trinajstić information content (AvgIpc) is 2.50. The van der Waals surface area contributed by atoms with Crippen molar-refractivity contribution in [2.45, 2.75) is 26.3 Å². The first-order valence-corrected chi connectivity index (χ1v) is 7.09. The molecule has 0 saturated heterocycles. The van der Waals surface area contributed by atoms with Crippen molar-refractivity contribution in [2.75, 3.05) is 24.8 Å². The molecule has 0 saturated carbocycles. The Kier molecular flexibility index (Phi) is 4.98. The van der Waals surface area contributed by atoms with Crippen molar-refractivity contribution in [1.82, 2.24) is 9.97 Å². The summed E-state index contributed by atoms with van der Waals surface area (Å²) < 4.78 is 5.17. The number of methoxy groups -OCH3 is 1. The Morgan fingerprint density at radius 3 is 2.52 bits per heavy atom. The van der Waals surface area contributed by atoms with Gasteiger partial charge in [-0.1, -0.05) is 25.5 Å². The summed E-state index contributed by atoms with van der Waals surface area (Å²) in [4.78, 5) is 10.6. The first-order valence-electron chi connectivity index (χ1n) is 7.09. The molecule has 0 atom stereocenters. The molecule has 0 bridgehead atoms. The lowest BCUT2D eigenvalue weighted by Crippen LogP contribution is -2.20. The standard InChI is InChI=1S/C16H22N4O/c1-4-5-14-15(17)18-11-19-16(14)20(2)10-12-6-8-13(21-3)9-7-12/h6-9,11H,4-5,10H2,1-3H3,(H2,17,18,19). The summed E-state index contributed by atoms with van der Waals surface area (Å²) in [6, 6.07) is 8.04. The molecular formula is C16H22N4O. The Labute approximate surface area is 125 Å². The molecule has 0 aliphatic rings. The van der Waals surface area contributed by atoms with Crippen LogP contribution in [0.15, 0.2) is 30.6 Å². The van der Waals surface area contributed by atoms with Gasteiger partial charge in [-0.25, -0.2) is 9.97 Å². The normalized spacial score (nSPS) is 10.4. The quantitative estimate of drug-likeness (QED) is 0.884. The maximum Gasteiger partial charge on any atom is 0.137 e. The summed E-state index contributed by atoms with van der Waals surface area (Å²) in [5, 5.41) is 0. The minimum Gasteiger partial charge on any atom is -0.497 e. The van der Waals surface area contributed by atoms with E-state index in [0.29, 0.717) is 5.82 Å². The van der Waals surface area contributed by atoms with Gasteiger partial charge in [0, 0.05) is 19.2 Å². The van der Waals surface area contributed by atoms with Crippen LogP contribution in [0.5, 0.6) is 5.75 Å². The topological polar surface area (TPSA) is 64.3 Å². The highest BCUT2D eigenvalue weighted by Crippen LogP contribution is 2.23. The van der Waals surface area contributed by atoms with E-state index in [2.05, 4.69) is 33.9 Å². The van der Waals surface area contributed by atoms with Crippen molar-refractivity contribution in [1.29, 1.82) is 0 Å². The van der Waals surface area contributed by atoms with E-state index in [1.807, 2.05) is 19.2 Å². The molecule has 112 valence electrons. The third-order valence-corrected chi connectivity index (χ3v) is 3.40. The number of nitrogens with zero attached hydrogens (tertiary/aromatic N) is 3. The molecule has 21 heavy (non-hydrogen) atoms. The number of nitrogens with two attached hydrogens (primary N) is 1. The van der Waals surface area contributed by atoms with Gasteiger partial charge in [0.2, 0.25) is 0 Å². The van der Waals surface area contributed by atoms with Crippen LogP contribution in [0.4, 0.5) is 11.6 Å². The fourth-order valence-electron chi connectivity index (χ4n) is 2.31. The van der Waals surface area contributed by atoms with Crippen LogP contribution in [-0.2, 0) is 13.0 Å². The predicted molar refractivity (Wildman–Crippen MR) is 85.5 cm³/mol. The Bertz CT molecular complexity index is 583. The monoisotopic (exact) mass is 286 g/mol. The Balaban J connectivity index is 2.19. The molecule has 1 aromatic carbocycles. The summed E-state index contributed by atoms with van der Waals surface area (Å²) in [7, 11) is 3.69. The fourth-order valence-corrected chi connectivity index (χ4v) is 2.31. The van der Waals surface area contributed by atoms with Gasteiger partial charge in [0.1, 0.15) is 23.7 Å². The van der Waals surface area contributed by atoms with Crippen molar-refractivity contribution in [3.63, 3.8) is 0 Å². The van der Waals surface area contributed by atoms with Gasteiger partial charge in [-0.2, -0.15) is 0 Å². The third-order valence-electron chi connectivity index (χ3n) is 3.40. The largest absolute Gasteiger partial charge is 0.497 e. The molecule has 1 aromatic heterocycles. The number of hydrogen-bond donors (Lipinski definition) is 1. The van der Waals surface area contributed by atoms with Crippen LogP contribution < -0.4 is 15.4 Å². The summed E-state index contributed by atoms with van der Waals surface area (Å²) in [6.45, 7) is 2.89. The van der Waals surface area contributed by atoms with Gasteiger partial charge in [-0.05, 0) is 24.1 Å². The molecule has 0 spiro atoms. The SMILES string of the molecule is CCCc1c(N)ncnc1N(C)Cc1ccc(OC)cc1. The number of nitrogen functional groups attached to an aromatic ring is 1. The molecule has 0 unspecified atom stereocenters. The summed E-state index contributed by atoms with van der Waals surface area (Å²) in [5.41, 5.74) is 8.20. The van der Waals surface area contributed by atoms with Crippen molar-refractivity contribution in [3.05, 3.63) is 41.7 Å². The second-order valence-electron chi connectivity index (χ2n) is 5.02. The molecule has 0 radical (unpaired) electrons. The van der Waals surface area contributed by atoms with E-state index in [1.54, 1.807) is 7.11 Å². The molecule has 2 rings (SSSR count). The smallest absolute Gasteiger partial charge is 0.137 e. The van der Waals surface area contributed by atoms with Crippen LogP contribution in [0.3, 0.4) is 0 Å². The highest BCUT2D eigenvalue weighted by atomic mass is 16.5. The van der Waals surface area contributed by atoms with Crippen molar-refractivity contribution in [3.8, 4) is 5.75 Å². The molecule has 5 nitrogen and oxygen atoms in total. The van der Waals surface area contributed by atoms with Gasteiger partial charge in [0.05, 0.1) is 7.11 Å². The van der Waals surface area contributed by atoms with E-state index in [-0.39, 0.29) is 0 Å². The van der Waals surface area contributed by atoms with Gasteiger partial charge in [0.15, 0.2) is 0 Å². The van der Waals surface area contributed by atoms with E-state index in [4.69, 9.17) is 10.5 Å². The van der Waals surface area contributed by atoms with Crippen molar-refractivity contribution >= 4 is 11.6 Å². The van der Waals surface area contributed by atoms with Gasteiger partial charge >= 0.3 is 0 Å². The maximum atomic E-state index is 5.98. The third kappa shape index (κ3) is 3.62. The van der Waals surface area contributed by atoms with E-state index >= 15 is 0 Å². The average molecular weight is 286 g/mol. The predicted octanol–water partition coefficient (Wildman–Crippen LogP) is 2.66. The molecule has 2 aromatic rings. The molecule has 5 heteroatoms. The van der Waals surface area contributed by atoms with Crippen LogP contribution in [-0.4, -0.2) is 24.1 Å². The minimum atomic E-state index is 0.573. The first kappa shape index (κ1) is 15.1. The molecule has 0 aliphatic heterocycles. The van der Waals surface area contributed by atoms with E-state index in [1.165, 1.54) is 11.9 Å². The minimum absolute atomic E-state index is 0.573. The molecule has 1 heterocycles. The molecule has 0 aliphatic carbocycles. The summed E-state index contributed by atoms with van der Waals surface area (Å²) in [5.74, 6) is 2.34. The van der Waals surface area contributed by atoms with Crippen LogP contribution >= 0.6 is 0 Å². The van der Waals surface area contributed by atoms with Crippen LogP contribution in [0.1, 0.15) is 24.5 Å². The zero-order valence-corrected chi connectivity index (χ0v) is 12.8.